The van der Waals surface area contributed by atoms with E-state index in [1.807, 2.05) is 19.1 Å². The van der Waals surface area contributed by atoms with Crippen molar-refractivity contribution < 1.29 is 33.6 Å². The summed E-state index contributed by atoms with van der Waals surface area (Å²) in [5.74, 6) is -3.04. The smallest absolute Gasteiger partial charge is 0.341 e. The van der Waals surface area contributed by atoms with Crippen LogP contribution in [0, 0.1) is 6.92 Å². The van der Waals surface area contributed by atoms with Crippen molar-refractivity contribution in [1.82, 2.24) is 0 Å². The molecule has 0 saturated carbocycles. The Morgan fingerprint density at radius 1 is 1.07 bits per heavy atom. The molecule has 0 saturated heterocycles. The van der Waals surface area contributed by atoms with Crippen LogP contribution in [0.15, 0.2) is 44.4 Å². The maximum Gasteiger partial charge on any atom is 0.341 e. The van der Waals surface area contributed by atoms with Gasteiger partial charge in [-0.25, -0.2) is 9.59 Å². The standard InChI is InChI=1S/C18H16Br2O7/c1-9-6-10(19)14(11(20)7-9)26-18-5-4-17(8-21,27-18)12(15(22)24-2)13(18)16(23)25-3/h4-7,21H,8H2,1-3H3. The number of methoxy groups -OCH3 is 2. The minimum Gasteiger partial charge on any atom is -0.466 e. The van der Waals surface area contributed by atoms with Crippen LogP contribution in [0.1, 0.15) is 5.56 Å². The lowest BCUT2D eigenvalue weighted by molar-refractivity contribution is -0.161. The highest BCUT2D eigenvalue weighted by Gasteiger charge is 2.64. The lowest BCUT2D eigenvalue weighted by Gasteiger charge is -2.28. The summed E-state index contributed by atoms with van der Waals surface area (Å²) in [7, 11) is 2.35. The van der Waals surface area contributed by atoms with E-state index in [1.54, 1.807) is 0 Å². The van der Waals surface area contributed by atoms with Crippen LogP contribution in [0.25, 0.3) is 0 Å². The topological polar surface area (TPSA) is 91.3 Å². The number of hydrogen-bond acceptors (Lipinski definition) is 7. The summed E-state index contributed by atoms with van der Waals surface area (Å²) >= 11 is 6.85. The van der Waals surface area contributed by atoms with Gasteiger partial charge in [0.1, 0.15) is 11.2 Å². The third kappa shape index (κ3) is 3.02. The van der Waals surface area contributed by atoms with E-state index in [-0.39, 0.29) is 11.1 Å². The van der Waals surface area contributed by atoms with Gasteiger partial charge in [0.25, 0.3) is 5.79 Å². The first kappa shape index (κ1) is 20.1. The number of halogens is 2. The van der Waals surface area contributed by atoms with Crippen LogP contribution in [-0.4, -0.2) is 49.3 Å². The van der Waals surface area contributed by atoms with Gasteiger partial charge in [0.2, 0.25) is 0 Å². The Kier molecular flexibility index (Phi) is 5.24. The second kappa shape index (κ2) is 7.05. The van der Waals surface area contributed by atoms with E-state index in [1.165, 1.54) is 26.4 Å². The maximum atomic E-state index is 12.5. The van der Waals surface area contributed by atoms with Gasteiger partial charge in [0.05, 0.1) is 35.3 Å². The molecule has 144 valence electrons. The first-order chi connectivity index (χ1) is 12.7. The lowest BCUT2D eigenvalue weighted by Crippen LogP contribution is -2.39. The Morgan fingerprint density at radius 2 is 1.63 bits per heavy atom. The molecule has 9 heteroatoms. The van der Waals surface area contributed by atoms with E-state index in [9.17, 15) is 14.7 Å². The molecule has 1 aromatic carbocycles. The van der Waals surface area contributed by atoms with Crippen LogP contribution in [0.4, 0.5) is 0 Å². The number of rotatable bonds is 5. The molecule has 0 fully saturated rings. The molecule has 2 aliphatic rings. The molecule has 1 aromatic rings. The highest BCUT2D eigenvalue weighted by molar-refractivity contribution is 9.11. The Hall–Kier alpha value is -1.68. The average molecular weight is 504 g/mol. The summed E-state index contributed by atoms with van der Waals surface area (Å²) in [6.45, 7) is 1.32. The Balaban J connectivity index is 2.19. The zero-order chi connectivity index (χ0) is 20.0. The second-order valence-corrected chi connectivity index (χ2v) is 7.75. The zero-order valence-corrected chi connectivity index (χ0v) is 17.8. The highest BCUT2D eigenvalue weighted by Crippen LogP contribution is 2.52. The Morgan fingerprint density at radius 3 is 2.15 bits per heavy atom. The molecule has 3 rings (SSSR count). The number of aliphatic hydroxyl groups excluding tert-OH is 1. The van der Waals surface area contributed by atoms with Crippen LogP contribution in [0.3, 0.4) is 0 Å². The second-order valence-electron chi connectivity index (χ2n) is 6.04. The third-order valence-electron chi connectivity index (χ3n) is 4.34. The minimum absolute atomic E-state index is 0.152. The van der Waals surface area contributed by atoms with Crippen molar-refractivity contribution in [3.05, 3.63) is 49.9 Å². The van der Waals surface area contributed by atoms with Gasteiger partial charge < -0.3 is 24.1 Å². The molecule has 2 heterocycles. The molecule has 1 N–H and O–H groups in total. The monoisotopic (exact) mass is 502 g/mol. The summed E-state index contributed by atoms with van der Waals surface area (Å²) in [4.78, 5) is 24.9. The van der Waals surface area contributed by atoms with E-state index < -0.39 is 29.9 Å². The number of esters is 2. The Bertz CT molecular complexity index is 869. The van der Waals surface area contributed by atoms with Crippen LogP contribution < -0.4 is 4.74 Å². The first-order valence-electron chi connectivity index (χ1n) is 7.81. The number of carbonyl (C=O) groups is 2. The first-order valence-corrected chi connectivity index (χ1v) is 9.40. The SMILES string of the molecule is COC(=O)C1=C(C(=O)OC)C2(Oc3c(Br)cc(C)cc3Br)C=CC1(CO)O2. The van der Waals surface area contributed by atoms with Gasteiger partial charge in [-0.3, -0.25) is 0 Å². The molecule has 0 spiro atoms. The minimum atomic E-state index is -1.75. The van der Waals surface area contributed by atoms with Crippen LogP contribution in [0.2, 0.25) is 0 Å². The van der Waals surface area contributed by atoms with E-state index in [2.05, 4.69) is 31.9 Å². The fourth-order valence-corrected chi connectivity index (χ4v) is 4.74. The number of ether oxygens (including phenoxy) is 4. The fraction of sp³-hybridized carbons (Fsp3) is 0.333. The summed E-state index contributed by atoms with van der Waals surface area (Å²) in [5, 5.41) is 9.91. The molecule has 7 nitrogen and oxygen atoms in total. The summed E-state index contributed by atoms with van der Waals surface area (Å²) < 4.78 is 22.8. The summed E-state index contributed by atoms with van der Waals surface area (Å²) in [6.07, 6.45) is 2.95. The average Bonchev–Trinajstić information content (AvgIpc) is 3.15. The molecule has 2 unspecified atom stereocenters. The van der Waals surface area contributed by atoms with Gasteiger partial charge in [-0.2, -0.15) is 0 Å². The number of benzene rings is 1. The molecular weight excluding hydrogens is 488 g/mol. The van der Waals surface area contributed by atoms with Gasteiger partial charge in [0.15, 0.2) is 5.75 Å². The summed E-state index contributed by atoms with van der Waals surface area (Å²) in [5.41, 5.74) is -0.911. The van der Waals surface area contributed by atoms with Crippen molar-refractivity contribution in [2.75, 3.05) is 20.8 Å². The predicted octanol–water partition coefficient (Wildman–Crippen LogP) is 2.57. The molecule has 2 bridgehead atoms. The fourth-order valence-electron chi connectivity index (χ4n) is 3.17. The van der Waals surface area contributed by atoms with Crippen molar-refractivity contribution in [1.29, 1.82) is 0 Å². The third-order valence-corrected chi connectivity index (χ3v) is 5.52. The van der Waals surface area contributed by atoms with Gasteiger partial charge in [-0.1, -0.05) is 0 Å². The molecule has 0 amide bonds. The van der Waals surface area contributed by atoms with Gasteiger partial charge in [0, 0.05) is 0 Å². The van der Waals surface area contributed by atoms with Crippen molar-refractivity contribution in [3.8, 4) is 5.75 Å². The summed E-state index contributed by atoms with van der Waals surface area (Å²) in [6, 6.07) is 3.65. The Labute approximate surface area is 172 Å². The van der Waals surface area contributed by atoms with Crippen molar-refractivity contribution >= 4 is 43.8 Å². The van der Waals surface area contributed by atoms with E-state index >= 15 is 0 Å². The molecule has 0 radical (unpaired) electrons. The molecular formula is C18H16Br2O7. The quantitative estimate of drug-likeness (QED) is 0.487. The lowest BCUT2D eigenvalue weighted by atomic mass is 9.86. The van der Waals surface area contributed by atoms with Crippen LogP contribution in [-0.2, 0) is 23.8 Å². The largest absolute Gasteiger partial charge is 0.466 e. The van der Waals surface area contributed by atoms with Crippen LogP contribution >= 0.6 is 31.9 Å². The normalized spacial score (nSPS) is 25.7. The van der Waals surface area contributed by atoms with E-state index in [4.69, 9.17) is 18.9 Å². The highest BCUT2D eigenvalue weighted by atomic mass is 79.9. The zero-order valence-electron chi connectivity index (χ0n) is 14.7. The van der Waals surface area contributed by atoms with Gasteiger partial charge in [-0.05, 0) is 68.6 Å². The van der Waals surface area contributed by atoms with Crippen molar-refractivity contribution in [3.63, 3.8) is 0 Å². The van der Waals surface area contributed by atoms with Crippen LogP contribution in [0.5, 0.6) is 5.75 Å². The van der Waals surface area contributed by atoms with Gasteiger partial charge >= 0.3 is 11.9 Å². The van der Waals surface area contributed by atoms with Crippen molar-refractivity contribution in [2.45, 2.75) is 18.3 Å². The molecule has 2 atom stereocenters. The maximum absolute atomic E-state index is 12.5. The number of aliphatic hydroxyl groups is 1. The predicted molar refractivity (Wildman–Crippen MR) is 101 cm³/mol. The molecule has 2 aliphatic heterocycles. The number of aryl methyl sites for hydroxylation is 1. The molecule has 0 aliphatic carbocycles. The molecule has 0 aromatic heterocycles. The van der Waals surface area contributed by atoms with E-state index in [0.717, 1.165) is 5.56 Å². The van der Waals surface area contributed by atoms with Gasteiger partial charge in [-0.15, -0.1) is 0 Å². The van der Waals surface area contributed by atoms with Crippen molar-refractivity contribution in [2.24, 2.45) is 0 Å². The number of fused-ring (bicyclic) bond motifs is 2. The number of carbonyl (C=O) groups excluding carboxylic acids is 2. The number of hydrogen-bond donors (Lipinski definition) is 1. The molecule has 27 heavy (non-hydrogen) atoms. The van der Waals surface area contributed by atoms with E-state index in [0.29, 0.717) is 14.7 Å².